The molecule has 0 atom stereocenters. The highest BCUT2D eigenvalue weighted by Crippen LogP contribution is 2.13. The largest absolute Gasteiger partial charge is 0.467 e. The molecule has 6 heteroatoms. The Bertz CT molecular complexity index is 818. The number of furan rings is 1. The van der Waals surface area contributed by atoms with Gasteiger partial charge in [-0.05, 0) is 49.4 Å². The van der Waals surface area contributed by atoms with Crippen molar-refractivity contribution in [1.82, 2.24) is 10.6 Å². The molecule has 1 heterocycles. The van der Waals surface area contributed by atoms with Gasteiger partial charge in [0, 0.05) is 11.3 Å². The van der Waals surface area contributed by atoms with Crippen LogP contribution in [0.1, 0.15) is 113 Å². The van der Waals surface area contributed by atoms with Gasteiger partial charge < -0.3 is 20.4 Å². The summed E-state index contributed by atoms with van der Waals surface area (Å²) in [7, 11) is 0. The molecule has 0 saturated heterocycles. The van der Waals surface area contributed by atoms with Crippen LogP contribution in [-0.2, 0) is 11.3 Å². The molecule has 2 amide bonds. The highest BCUT2D eigenvalue weighted by atomic mass is 16.3. The zero-order valence-electron chi connectivity index (χ0n) is 22.3. The van der Waals surface area contributed by atoms with E-state index < -0.39 is 0 Å². The lowest BCUT2D eigenvalue weighted by Crippen LogP contribution is -2.28. The fourth-order valence-electron chi connectivity index (χ4n) is 4.24. The van der Waals surface area contributed by atoms with E-state index in [1.165, 1.54) is 83.5 Å². The minimum absolute atomic E-state index is 0.0737. The van der Waals surface area contributed by atoms with E-state index in [1.54, 1.807) is 36.6 Å². The second-order valence-electron chi connectivity index (χ2n) is 9.66. The Morgan fingerprint density at radius 1 is 0.750 bits per heavy atom. The molecule has 0 spiro atoms. The van der Waals surface area contributed by atoms with E-state index in [9.17, 15) is 9.59 Å². The van der Waals surface area contributed by atoms with Crippen LogP contribution in [0.2, 0.25) is 0 Å². The van der Waals surface area contributed by atoms with Crippen molar-refractivity contribution < 1.29 is 14.0 Å². The van der Waals surface area contributed by atoms with Crippen LogP contribution in [-0.4, -0.2) is 24.9 Å². The molecule has 2 rings (SSSR count). The summed E-state index contributed by atoms with van der Waals surface area (Å²) in [6.07, 6.45) is 20.5. The summed E-state index contributed by atoms with van der Waals surface area (Å²) in [5.41, 5.74) is 1.22. The third-order valence-corrected chi connectivity index (χ3v) is 6.43. The van der Waals surface area contributed by atoms with Gasteiger partial charge in [0.2, 0.25) is 5.91 Å². The summed E-state index contributed by atoms with van der Waals surface area (Å²) in [5.74, 6) is 0.448. The molecule has 36 heavy (non-hydrogen) atoms. The third kappa shape index (κ3) is 14.1. The summed E-state index contributed by atoms with van der Waals surface area (Å²) in [6.45, 7) is 3.77. The normalized spacial score (nSPS) is 10.9. The molecule has 0 bridgehead atoms. The van der Waals surface area contributed by atoms with Crippen molar-refractivity contribution >= 4 is 17.5 Å². The van der Waals surface area contributed by atoms with Gasteiger partial charge in [-0.3, -0.25) is 9.59 Å². The predicted molar refractivity (Wildman–Crippen MR) is 148 cm³/mol. The van der Waals surface area contributed by atoms with Crippen molar-refractivity contribution in [3.63, 3.8) is 0 Å². The lowest BCUT2D eigenvalue weighted by Gasteiger charge is -2.08. The summed E-state index contributed by atoms with van der Waals surface area (Å²) in [6, 6.07) is 10.5. The van der Waals surface area contributed by atoms with E-state index in [4.69, 9.17) is 4.42 Å². The molecule has 1 aromatic heterocycles. The van der Waals surface area contributed by atoms with Crippen molar-refractivity contribution in [2.45, 2.75) is 103 Å². The Hall–Kier alpha value is -2.60. The summed E-state index contributed by atoms with van der Waals surface area (Å²) < 4.78 is 5.21. The third-order valence-electron chi connectivity index (χ3n) is 6.43. The second-order valence-corrected chi connectivity index (χ2v) is 9.66. The van der Waals surface area contributed by atoms with Gasteiger partial charge in [0.25, 0.3) is 5.91 Å². The summed E-state index contributed by atoms with van der Waals surface area (Å²) in [4.78, 5) is 24.3. The zero-order valence-corrected chi connectivity index (χ0v) is 22.3. The number of nitrogens with one attached hydrogen (secondary N) is 3. The Morgan fingerprint density at radius 3 is 1.89 bits per heavy atom. The molecular weight excluding hydrogens is 450 g/mol. The molecule has 0 aliphatic carbocycles. The van der Waals surface area contributed by atoms with E-state index in [0.29, 0.717) is 30.1 Å². The number of amides is 2. The van der Waals surface area contributed by atoms with Crippen LogP contribution >= 0.6 is 0 Å². The number of carbonyl (C=O) groups excluding carboxylic acids is 2. The smallest absolute Gasteiger partial charge is 0.251 e. The molecule has 0 saturated carbocycles. The van der Waals surface area contributed by atoms with Gasteiger partial charge in [-0.25, -0.2) is 0 Å². The maximum Gasteiger partial charge on any atom is 0.251 e. The fraction of sp³-hybridized carbons (Fsp3) is 0.600. The molecular formula is C30H47N3O3. The number of unbranched alkanes of at least 4 members (excludes halogenated alkanes) is 13. The van der Waals surface area contributed by atoms with Gasteiger partial charge in [0.1, 0.15) is 5.76 Å². The average molecular weight is 498 g/mol. The van der Waals surface area contributed by atoms with Gasteiger partial charge in [0.05, 0.1) is 19.4 Å². The minimum Gasteiger partial charge on any atom is -0.467 e. The van der Waals surface area contributed by atoms with Crippen LogP contribution < -0.4 is 16.0 Å². The predicted octanol–water partition coefficient (Wildman–Crippen LogP) is 7.22. The number of hydrogen-bond donors (Lipinski definition) is 3. The molecule has 0 fully saturated rings. The van der Waals surface area contributed by atoms with Crippen LogP contribution in [0.25, 0.3) is 0 Å². The van der Waals surface area contributed by atoms with Crippen LogP contribution in [0.5, 0.6) is 0 Å². The average Bonchev–Trinajstić information content (AvgIpc) is 3.41. The van der Waals surface area contributed by atoms with Crippen molar-refractivity contribution in [2.24, 2.45) is 0 Å². The highest BCUT2D eigenvalue weighted by molar-refractivity contribution is 5.96. The van der Waals surface area contributed by atoms with E-state index in [-0.39, 0.29) is 11.8 Å². The molecule has 200 valence electrons. The Labute approximate surface area is 218 Å². The molecule has 0 aliphatic heterocycles. The van der Waals surface area contributed by atoms with Gasteiger partial charge >= 0.3 is 0 Å². The molecule has 0 unspecified atom stereocenters. The lowest BCUT2D eigenvalue weighted by molar-refractivity contribution is -0.115. The minimum atomic E-state index is -0.181. The molecule has 3 N–H and O–H groups in total. The van der Waals surface area contributed by atoms with Crippen molar-refractivity contribution in [1.29, 1.82) is 0 Å². The van der Waals surface area contributed by atoms with Crippen molar-refractivity contribution in [3.05, 3.63) is 54.0 Å². The molecule has 0 aliphatic rings. The van der Waals surface area contributed by atoms with Gasteiger partial charge in [-0.2, -0.15) is 0 Å². The van der Waals surface area contributed by atoms with Crippen LogP contribution in [0.3, 0.4) is 0 Å². The first-order valence-electron chi connectivity index (χ1n) is 14.1. The van der Waals surface area contributed by atoms with E-state index in [2.05, 4.69) is 22.9 Å². The number of anilines is 1. The molecule has 2 aromatic rings. The standard InChI is InChI=1S/C30H47N3O3/c1-2-3-4-5-6-7-8-9-10-11-12-13-14-15-22-31-25-29(34)33-27-20-18-26(19-21-27)30(35)32-24-28-17-16-23-36-28/h16-21,23,31H,2-15,22,24-25H2,1H3,(H,32,35)(H,33,34). The molecule has 1 aromatic carbocycles. The molecule has 6 nitrogen and oxygen atoms in total. The van der Waals surface area contributed by atoms with Crippen LogP contribution in [0, 0.1) is 0 Å². The Balaban J connectivity index is 1.40. The number of carbonyl (C=O) groups is 2. The Kier molecular flexibility index (Phi) is 16.1. The van der Waals surface area contributed by atoms with E-state index in [0.717, 1.165) is 13.0 Å². The zero-order chi connectivity index (χ0) is 25.7. The first kappa shape index (κ1) is 29.6. The van der Waals surface area contributed by atoms with Gasteiger partial charge in [-0.15, -0.1) is 0 Å². The summed E-state index contributed by atoms with van der Waals surface area (Å²) in [5, 5.41) is 8.89. The SMILES string of the molecule is CCCCCCCCCCCCCCCCNCC(=O)Nc1ccc(C(=O)NCc2ccco2)cc1. The first-order chi connectivity index (χ1) is 17.7. The van der Waals surface area contributed by atoms with E-state index in [1.807, 2.05) is 6.07 Å². The molecule has 0 radical (unpaired) electrons. The van der Waals surface area contributed by atoms with Crippen molar-refractivity contribution in [3.8, 4) is 0 Å². The maximum atomic E-state index is 12.2. The number of rotatable bonds is 21. The second kappa shape index (κ2) is 19.6. The van der Waals surface area contributed by atoms with E-state index >= 15 is 0 Å². The van der Waals surface area contributed by atoms with Crippen molar-refractivity contribution in [2.75, 3.05) is 18.4 Å². The van der Waals surface area contributed by atoms with Gasteiger partial charge in [0.15, 0.2) is 0 Å². The monoisotopic (exact) mass is 497 g/mol. The fourth-order valence-corrected chi connectivity index (χ4v) is 4.24. The lowest BCUT2D eigenvalue weighted by atomic mass is 10.0. The van der Waals surface area contributed by atoms with Crippen LogP contribution in [0.4, 0.5) is 5.69 Å². The summed E-state index contributed by atoms with van der Waals surface area (Å²) >= 11 is 0. The first-order valence-corrected chi connectivity index (χ1v) is 14.1. The quantitative estimate of drug-likeness (QED) is 0.159. The number of benzene rings is 1. The topological polar surface area (TPSA) is 83.4 Å². The van der Waals surface area contributed by atoms with Crippen LogP contribution in [0.15, 0.2) is 47.1 Å². The Morgan fingerprint density at radius 2 is 1.33 bits per heavy atom. The highest BCUT2D eigenvalue weighted by Gasteiger charge is 2.07. The number of hydrogen-bond acceptors (Lipinski definition) is 4. The van der Waals surface area contributed by atoms with Gasteiger partial charge in [-0.1, -0.05) is 90.4 Å². The maximum absolute atomic E-state index is 12.2.